The molecule has 7 aromatic carbocycles. The molecule has 3 heterocycles. The number of hydrogen-bond acceptors (Lipinski definition) is 3. The van der Waals surface area contributed by atoms with E-state index in [4.69, 9.17) is 4.98 Å². The van der Waals surface area contributed by atoms with E-state index in [-0.39, 0.29) is 6.71 Å². The predicted octanol–water partition coefficient (Wildman–Crippen LogP) is 8.78. The van der Waals surface area contributed by atoms with Gasteiger partial charge in [-0.3, -0.25) is 4.57 Å². The molecule has 4 nitrogen and oxygen atoms in total. The predicted molar refractivity (Wildman–Crippen MR) is 201 cm³/mol. The molecule has 2 aliphatic heterocycles. The van der Waals surface area contributed by atoms with Gasteiger partial charge in [0.2, 0.25) is 0 Å². The molecule has 8 aromatic rings. The van der Waals surface area contributed by atoms with Gasteiger partial charge in [-0.15, -0.1) is 0 Å². The minimum Gasteiger partial charge on any atom is -0.311 e. The number of anilines is 6. The quantitative estimate of drug-likeness (QED) is 0.182. The molecule has 0 amide bonds. The highest BCUT2D eigenvalue weighted by molar-refractivity contribution is 7.00. The molecular weight excluding hydrogens is 583 g/mol. The molecular formula is C43H29BN4. The molecule has 2 aliphatic rings. The van der Waals surface area contributed by atoms with Gasteiger partial charge in [0.25, 0.3) is 6.71 Å². The number of rotatable bonds is 5. The van der Waals surface area contributed by atoms with Crippen molar-refractivity contribution in [2.24, 2.45) is 0 Å². The maximum atomic E-state index is 5.25. The zero-order valence-electron chi connectivity index (χ0n) is 26.1. The van der Waals surface area contributed by atoms with Crippen molar-refractivity contribution in [2.75, 3.05) is 9.80 Å². The first-order valence-corrected chi connectivity index (χ1v) is 16.4. The van der Waals surface area contributed by atoms with E-state index in [0.29, 0.717) is 0 Å². The van der Waals surface area contributed by atoms with Crippen molar-refractivity contribution in [1.82, 2.24) is 9.55 Å². The Morgan fingerprint density at radius 2 is 1.10 bits per heavy atom. The third kappa shape index (κ3) is 3.94. The summed E-state index contributed by atoms with van der Waals surface area (Å²) in [6.07, 6.45) is 0. The summed E-state index contributed by atoms with van der Waals surface area (Å²) < 4.78 is 2.39. The van der Waals surface area contributed by atoms with Crippen LogP contribution in [-0.2, 0) is 0 Å². The molecule has 0 saturated carbocycles. The normalized spacial score (nSPS) is 12.5. The Kier molecular flexibility index (Phi) is 5.94. The van der Waals surface area contributed by atoms with Gasteiger partial charge in [-0.1, -0.05) is 109 Å². The Balaban J connectivity index is 1.27. The van der Waals surface area contributed by atoms with Gasteiger partial charge in [-0.25, -0.2) is 4.98 Å². The molecule has 0 unspecified atom stereocenters. The van der Waals surface area contributed by atoms with E-state index < -0.39 is 0 Å². The monoisotopic (exact) mass is 612 g/mol. The lowest BCUT2D eigenvalue weighted by molar-refractivity contribution is 1.10. The van der Waals surface area contributed by atoms with Crippen LogP contribution in [0.2, 0.25) is 0 Å². The SMILES string of the molecule is c1ccc(-c2nc3cccc4c3n2-c2cccc3c2B4c2ccc(N(c4ccccc4)c4ccccc4)cc2N3c2ccccc2)cc1. The number of hydrogen-bond donors (Lipinski definition) is 0. The highest BCUT2D eigenvalue weighted by Crippen LogP contribution is 2.43. The second-order valence-electron chi connectivity index (χ2n) is 12.4. The summed E-state index contributed by atoms with van der Waals surface area (Å²) in [7, 11) is 0. The maximum absolute atomic E-state index is 5.25. The Bertz CT molecular complexity index is 2420. The summed E-state index contributed by atoms with van der Waals surface area (Å²) in [4.78, 5) is 10.0. The minimum absolute atomic E-state index is 0.0543. The second-order valence-corrected chi connectivity index (χ2v) is 12.4. The lowest BCUT2D eigenvalue weighted by Crippen LogP contribution is -2.60. The van der Waals surface area contributed by atoms with Gasteiger partial charge in [-0.05, 0) is 83.1 Å². The second kappa shape index (κ2) is 10.6. The van der Waals surface area contributed by atoms with Crippen LogP contribution >= 0.6 is 0 Å². The molecule has 0 radical (unpaired) electrons. The lowest BCUT2D eigenvalue weighted by atomic mass is 9.34. The summed E-state index contributed by atoms with van der Waals surface area (Å²) in [6.45, 7) is 0.0543. The fraction of sp³-hybridized carbons (Fsp3) is 0. The molecule has 0 N–H and O–H groups in total. The van der Waals surface area contributed by atoms with Gasteiger partial charge in [0.1, 0.15) is 5.82 Å². The van der Waals surface area contributed by atoms with Crippen LogP contribution in [0.4, 0.5) is 34.1 Å². The van der Waals surface area contributed by atoms with E-state index in [1.54, 1.807) is 0 Å². The molecule has 0 aliphatic carbocycles. The largest absolute Gasteiger partial charge is 0.311 e. The van der Waals surface area contributed by atoms with Crippen molar-refractivity contribution in [3.63, 3.8) is 0 Å². The van der Waals surface area contributed by atoms with Gasteiger partial charge in [0.05, 0.1) is 11.0 Å². The van der Waals surface area contributed by atoms with Crippen LogP contribution in [0.5, 0.6) is 0 Å². The fourth-order valence-corrected chi connectivity index (χ4v) is 7.80. The Morgan fingerprint density at radius 1 is 0.479 bits per heavy atom. The third-order valence-corrected chi connectivity index (χ3v) is 9.75. The van der Waals surface area contributed by atoms with E-state index in [1.165, 1.54) is 39.0 Å². The van der Waals surface area contributed by atoms with Crippen LogP contribution in [0.15, 0.2) is 176 Å². The van der Waals surface area contributed by atoms with Crippen LogP contribution < -0.4 is 26.2 Å². The number of fused-ring (bicyclic) bond motifs is 4. The van der Waals surface area contributed by atoms with Crippen LogP contribution in [0, 0.1) is 0 Å². The van der Waals surface area contributed by atoms with Gasteiger partial charge in [0, 0.05) is 45.4 Å². The minimum atomic E-state index is 0.0543. The molecule has 224 valence electrons. The van der Waals surface area contributed by atoms with Crippen LogP contribution in [-0.4, -0.2) is 16.3 Å². The van der Waals surface area contributed by atoms with Gasteiger partial charge in [0.15, 0.2) is 0 Å². The van der Waals surface area contributed by atoms with Gasteiger partial charge < -0.3 is 9.80 Å². The first-order chi connectivity index (χ1) is 23.8. The first kappa shape index (κ1) is 26.8. The standard InChI is InChI=1S/C43H29BN4/c1-5-15-30(16-6-1)43-45-37-24-13-23-36-42(37)48(43)39-26-14-25-38-41(39)44(36)35-28-27-34(29-40(35)47(38)33-21-11-4-12-22-33)46(31-17-7-2-8-18-31)32-19-9-3-10-20-32/h1-29H. The zero-order chi connectivity index (χ0) is 31.6. The molecule has 1 aromatic heterocycles. The van der Waals surface area contributed by atoms with Crippen molar-refractivity contribution in [1.29, 1.82) is 0 Å². The van der Waals surface area contributed by atoms with Crippen LogP contribution in [0.1, 0.15) is 0 Å². The summed E-state index contributed by atoms with van der Waals surface area (Å²) in [5, 5.41) is 0. The molecule has 10 rings (SSSR count). The molecule has 5 heteroatoms. The van der Waals surface area contributed by atoms with E-state index in [0.717, 1.165) is 39.7 Å². The topological polar surface area (TPSA) is 24.3 Å². The molecule has 0 atom stereocenters. The lowest BCUT2D eigenvalue weighted by Gasteiger charge is -2.40. The number of benzene rings is 7. The van der Waals surface area contributed by atoms with Crippen molar-refractivity contribution in [3.8, 4) is 17.1 Å². The Morgan fingerprint density at radius 3 is 1.81 bits per heavy atom. The molecule has 0 saturated heterocycles. The van der Waals surface area contributed by atoms with Crippen molar-refractivity contribution < 1.29 is 0 Å². The van der Waals surface area contributed by atoms with E-state index in [1.807, 2.05) is 0 Å². The first-order valence-electron chi connectivity index (χ1n) is 16.4. The van der Waals surface area contributed by atoms with E-state index >= 15 is 0 Å². The molecule has 48 heavy (non-hydrogen) atoms. The zero-order valence-corrected chi connectivity index (χ0v) is 26.1. The van der Waals surface area contributed by atoms with Crippen molar-refractivity contribution in [2.45, 2.75) is 0 Å². The van der Waals surface area contributed by atoms with Gasteiger partial charge in [-0.2, -0.15) is 0 Å². The van der Waals surface area contributed by atoms with E-state index in [2.05, 4.69) is 190 Å². The molecule has 0 bridgehead atoms. The van der Waals surface area contributed by atoms with Crippen LogP contribution in [0.3, 0.4) is 0 Å². The molecule has 0 fully saturated rings. The average molecular weight is 613 g/mol. The third-order valence-electron chi connectivity index (χ3n) is 9.75. The summed E-state index contributed by atoms with van der Waals surface area (Å²) in [5.74, 6) is 0.971. The van der Waals surface area contributed by atoms with Crippen molar-refractivity contribution >= 4 is 68.3 Å². The van der Waals surface area contributed by atoms with E-state index in [9.17, 15) is 0 Å². The maximum Gasteiger partial charge on any atom is 0.252 e. The van der Waals surface area contributed by atoms with Gasteiger partial charge >= 0.3 is 0 Å². The fourth-order valence-electron chi connectivity index (χ4n) is 7.80. The summed E-state index contributed by atoms with van der Waals surface area (Å²) >= 11 is 0. The van der Waals surface area contributed by atoms with Crippen LogP contribution in [0.25, 0.3) is 28.1 Å². The Labute approximate surface area is 279 Å². The summed E-state index contributed by atoms with van der Waals surface area (Å²) in [5.41, 5.74) is 15.2. The van der Waals surface area contributed by atoms with Crippen molar-refractivity contribution in [3.05, 3.63) is 176 Å². The Hall–Kier alpha value is -6.33. The molecule has 0 spiro atoms. The summed E-state index contributed by atoms with van der Waals surface area (Å²) in [6, 6.07) is 63.0. The number of imidazole rings is 1. The highest BCUT2D eigenvalue weighted by atomic mass is 15.2. The number of aromatic nitrogens is 2. The highest BCUT2D eigenvalue weighted by Gasteiger charge is 2.42. The smallest absolute Gasteiger partial charge is 0.252 e. The number of nitrogens with zero attached hydrogens (tertiary/aromatic N) is 4. The average Bonchev–Trinajstić information content (AvgIpc) is 3.56. The number of para-hydroxylation sites is 4.